The summed E-state index contributed by atoms with van der Waals surface area (Å²) in [4.78, 5) is 49.8. The summed E-state index contributed by atoms with van der Waals surface area (Å²) in [5.41, 5.74) is -1.73. The summed E-state index contributed by atoms with van der Waals surface area (Å²) in [6, 6.07) is 4.27. The Morgan fingerprint density at radius 3 is 2.61 bits per heavy atom. The van der Waals surface area contributed by atoms with Crippen molar-refractivity contribution < 1.29 is 14.7 Å². The number of fused-ring (bicyclic) bond motifs is 1. The molecule has 1 aliphatic rings. The number of aromatic amines is 1. The number of rotatable bonds is 4. The Morgan fingerprint density at radius 1 is 1.35 bits per heavy atom. The molecule has 0 bridgehead atoms. The van der Waals surface area contributed by atoms with Gasteiger partial charge < -0.3 is 15.4 Å². The standard InChI is InChI=1S/C15H15N3O5/c1-2-18-12(20)9-4-3-8(7-10(9)16-14(18)23)11(19)17-15(5-6-15)13(21)22/h3-4,7H,2,5-6H2,1H3,(H,16,23)(H,17,19)(H,21,22). The Bertz CT molecular complexity index is 936. The quantitative estimate of drug-likeness (QED) is 0.736. The summed E-state index contributed by atoms with van der Waals surface area (Å²) >= 11 is 0. The molecule has 0 unspecified atom stereocenters. The van der Waals surface area contributed by atoms with Crippen LogP contribution in [0.3, 0.4) is 0 Å². The van der Waals surface area contributed by atoms with Gasteiger partial charge in [-0.1, -0.05) is 0 Å². The lowest BCUT2D eigenvalue weighted by molar-refractivity contribution is -0.140. The Morgan fingerprint density at radius 2 is 2.04 bits per heavy atom. The Kier molecular flexibility index (Phi) is 3.32. The third kappa shape index (κ3) is 2.41. The van der Waals surface area contributed by atoms with Gasteiger partial charge in [0.25, 0.3) is 11.5 Å². The number of H-pyrrole nitrogens is 1. The van der Waals surface area contributed by atoms with Crippen LogP contribution in [0.5, 0.6) is 0 Å². The number of amides is 1. The van der Waals surface area contributed by atoms with Crippen molar-refractivity contribution >= 4 is 22.8 Å². The van der Waals surface area contributed by atoms with Crippen LogP contribution in [0, 0.1) is 0 Å². The number of aliphatic carboxylic acids is 1. The molecule has 0 radical (unpaired) electrons. The molecule has 0 atom stereocenters. The smallest absolute Gasteiger partial charge is 0.329 e. The summed E-state index contributed by atoms with van der Waals surface area (Å²) in [5, 5.41) is 11.9. The maximum atomic E-state index is 12.2. The molecule has 1 saturated carbocycles. The monoisotopic (exact) mass is 317 g/mol. The fraction of sp³-hybridized carbons (Fsp3) is 0.333. The first-order valence-electron chi connectivity index (χ1n) is 7.21. The van der Waals surface area contributed by atoms with Crippen LogP contribution in [0.4, 0.5) is 0 Å². The number of carboxylic acids is 1. The van der Waals surface area contributed by atoms with Gasteiger partial charge in [-0.2, -0.15) is 0 Å². The van der Waals surface area contributed by atoms with Crippen molar-refractivity contribution in [2.45, 2.75) is 31.8 Å². The van der Waals surface area contributed by atoms with Crippen molar-refractivity contribution in [3.8, 4) is 0 Å². The van der Waals surface area contributed by atoms with Crippen molar-refractivity contribution in [3.63, 3.8) is 0 Å². The number of hydrogen-bond acceptors (Lipinski definition) is 4. The molecule has 1 aromatic carbocycles. The third-order valence-electron chi connectivity index (χ3n) is 4.07. The van der Waals surface area contributed by atoms with Crippen molar-refractivity contribution in [3.05, 3.63) is 44.6 Å². The Labute approximate surface area is 129 Å². The van der Waals surface area contributed by atoms with Crippen LogP contribution in [0.2, 0.25) is 0 Å². The predicted octanol–water partition coefficient (Wildman–Crippen LogP) is 0.0567. The van der Waals surface area contributed by atoms with E-state index in [0.29, 0.717) is 18.2 Å². The van der Waals surface area contributed by atoms with Gasteiger partial charge in [0.15, 0.2) is 0 Å². The van der Waals surface area contributed by atoms with Crippen LogP contribution in [0.1, 0.15) is 30.1 Å². The van der Waals surface area contributed by atoms with Crippen molar-refractivity contribution in [1.82, 2.24) is 14.9 Å². The highest BCUT2D eigenvalue weighted by atomic mass is 16.4. The van der Waals surface area contributed by atoms with Gasteiger partial charge in [-0.15, -0.1) is 0 Å². The zero-order chi connectivity index (χ0) is 16.8. The van der Waals surface area contributed by atoms with Crippen LogP contribution >= 0.6 is 0 Å². The van der Waals surface area contributed by atoms with E-state index in [9.17, 15) is 19.2 Å². The van der Waals surface area contributed by atoms with Gasteiger partial charge in [0.1, 0.15) is 5.54 Å². The van der Waals surface area contributed by atoms with Crippen LogP contribution in [0.25, 0.3) is 10.9 Å². The molecule has 23 heavy (non-hydrogen) atoms. The van der Waals surface area contributed by atoms with E-state index in [4.69, 9.17) is 5.11 Å². The molecule has 3 N–H and O–H groups in total. The molecule has 0 saturated heterocycles. The van der Waals surface area contributed by atoms with Gasteiger partial charge in [0, 0.05) is 12.1 Å². The van der Waals surface area contributed by atoms with E-state index >= 15 is 0 Å². The number of carbonyl (C=O) groups excluding carboxylic acids is 1. The summed E-state index contributed by atoms with van der Waals surface area (Å²) in [5.74, 6) is -1.61. The molecule has 1 aromatic heterocycles. The van der Waals surface area contributed by atoms with Crippen molar-refractivity contribution in [1.29, 1.82) is 0 Å². The molecule has 120 valence electrons. The number of carboxylic acid groups (broad SMARTS) is 1. The van der Waals surface area contributed by atoms with Gasteiger partial charge in [-0.3, -0.25) is 14.2 Å². The molecule has 1 fully saturated rings. The van der Waals surface area contributed by atoms with E-state index in [2.05, 4.69) is 10.3 Å². The first-order chi connectivity index (χ1) is 10.9. The summed E-state index contributed by atoms with van der Waals surface area (Å²) in [6.07, 6.45) is 0.777. The summed E-state index contributed by atoms with van der Waals surface area (Å²) < 4.78 is 1.06. The predicted molar refractivity (Wildman–Crippen MR) is 81.6 cm³/mol. The molecule has 1 aliphatic carbocycles. The number of carbonyl (C=O) groups is 2. The zero-order valence-electron chi connectivity index (χ0n) is 12.4. The highest BCUT2D eigenvalue weighted by Crippen LogP contribution is 2.35. The summed E-state index contributed by atoms with van der Waals surface area (Å²) in [6.45, 7) is 1.93. The van der Waals surface area contributed by atoms with Gasteiger partial charge >= 0.3 is 11.7 Å². The molecule has 2 aromatic rings. The molecule has 8 nitrogen and oxygen atoms in total. The van der Waals surface area contributed by atoms with E-state index in [0.717, 1.165) is 4.57 Å². The van der Waals surface area contributed by atoms with Crippen LogP contribution in [-0.4, -0.2) is 32.1 Å². The molecule has 0 aliphatic heterocycles. The second kappa shape index (κ2) is 5.08. The number of nitrogens with one attached hydrogen (secondary N) is 2. The molecule has 1 amide bonds. The first kappa shape index (κ1) is 15.0. The number of benzene rings is 1. The maximum absolute atomic E-state index is 12.2. The van der Waals surface area contributed by atoms with Crippen molar-refractivity contribution in [2.24, 2.45) is 0 Å². The molecular formula is C15H15N3O5. The summed E-state index contributed by atoms with van der Waals surface area (Å²) in [7, 11) is 0. The average molecular weight is 317 g/mol. The fourth-order valence-electron chi connectivity index (χ4n) is 2.49. The largest absolute Gasteiger partial charge is 0.480 e. The van der Waals surface area contributed by atoms with Gasteiger partial charge in [0.05, 0.1) is 10.9 Å². The Hall–Kier alpha value is -2.90. The second-order valence-electron chi connectivity index (χ2n) is 5.58. The fourth-order valence-corrected chi connectivity index (χ4v) is 2.49. The minimum atomic E-state index is -1.19. The van der Waals surface area contributed by atoms with Crippen molar-refractivity contribution in [2.75, 3.05) is 0 Å². The zero-order valence-corrected chi connectivity index (χ0v) is 12.4. The number of hydrogen-bond donors (Lipinski definition) is 3. The van der Waals surface area contributed by atoms with Crippen LogP contribution < -0.4 is 16.6 Å². The van der Waals surface area contributed by atoms with E-state index < -0.39 is 28.7 Å². The number of aromatic nitrogens is 2. The SMILES string of the molecule is CCn1c(=O)[nH]c2cc(C(=O)NC3(C(=O)O)CC3)ccc2c1=O. The average Bonchev–Trinajstić information content (AvgIpc) is 3.28. The van der Waals surface area contributed by atoms with Gasteiger partial charge in [0.2, 0.25) is 0 Å². The lowest BCUT2D eigenvalue weighted by Gasteiger charge is -2.12. The Balaban J connectivity index is 2.01. The van der Waals surface area contributed by atoms with E-state index in [1.54, 1.807) is 6.92 Å². The van der Waals surface area contributed by atoms with E-state index in [-0.39, 0.29) is 17.6 Å². The normalized spacial score (nSPS) is 15.3. The van der Waals surface area contributed by atoms with Crippen LogP contribution in [0.15, 0.2) is 27.8 Å². The van der Waals surface area contributed by atoms with E-state index in [1.807, 2.05) is 0 Å². The highest BCUT2D eigenvalue weighted by Gasteiger charge is 2.51. The third-order valence-corrected chi connectivity index (χ3v) is 4.07. The molecule has 3 rings (SSSR count). The minimum Gasteiger partial charge on any atom is -0.480 e. The molecule has 1 heterocycles. The van der Waals surface area contributed by atoms with E-state index in [1.165, 1.54) is 18.2 Å². The molecule has 0 spiro atoms. The van der Waals surface area contributed by atoms with Crippen LogP contribution in [-0.2, 0) is 11.3 Å². The maximum Gasteiger partial charge on any atom is 0.329 e. The lowest BCUT2D eigenvalue weighted by Crippen LogP contribution is -2.43. The molecule has 8 heteroatoms. The minimum absolute atomic E-state index is 0.189. The first-order valence-corrected chi connectivity index (χ1v) is 7.21. The topological polar surface area (TPSA) is 121 Å². The number of nitrogens with zero attached hydrogens (tertiary/aromatic N) is 1. The second-order valence-corrected chi connectivity index (χ2v) is 5.58. The van der Waals surface area contributed by atoms with Gasteiger partial charge in [-0.05, 0) is 38.0 Å². The molecular weight excluding hydrogens is 302 g/mol. The lowest BCUT2D eigenvalue weighted by atomic mass is 10.1. The highest BCUT2D eigenvalue weighted by molar-refractivity contribution is 6.01. The van der Waals surface area contributed by atoms with Gasteiger partial charge in [-0.25, -0.2) is 9.59 Å².